The second-order valence-corrected chi connectivity index (χ2v) is 7.19. The average molecular weight is 380 g/mol. The number of hydrogen-bond acceptors (Lipinski definition) is 4. The summed E-state index contributed by atoms with van der Waals surface area (Å²) >= 11 is 7.60. The van der Waals surface area contributed by atoms with Crippen molar-refractivity contribution in [2.45, 2.75) is 17.6 Å². The van der Waals surface area contributed by atoms with Crippen LogP contribution in [0.5, 0.6) is 5.75 Å². The van der Waals surface area contributed by atoms with Crippen LogP contribution >= 0.6 is 23.4 Å². The second-order valence-electron chi connectivity index (χ2n) is 5.67. The fraction of sp³-hybridized carbons (Fsp3) is 0.222. The Labute approximate surface area is 153 Å². The molecule has 3 rings (SSSR count). The van der Waals surface area contributed by atoms with Gasteiger partial charge in [-0.3, -0.25) is 10.1 Å². The van der Waals surface area contributed by atoms with Crippen molar-refractivity contribution in [1.82, 2.24) is 0 Å². The van der Waals surface area contributed by atoms with Crippen molar-refractivity contribution in [1.29, 1.82) is 0 Å². The summed E-state index contributed by atoms with van der Waals surface area (Å²) in [7, 11) is 1.59. The number of allylic oxidation sites excluding steroid dienone is 1. The zero-order valence-electron chi connectivity index (χ0n) is 13.3. The molecule has 0 amide bonds. The molecule has 0 saturated heterocycles. The SMILES string of the molecule is COc1ccc(CC2SC=C([N+](=O)[O-])C2c2cc(F)ccc2Cl)cc1. The van der Waals surface area contributed by atoms with Gasteiger partial charge in [-0.25, -0.2) is 4.39 Å². The molecule has 0 N–H and O–H groups in total. The van der Waals surface area contributed by atoms with Gasteiger partial charge in [-0.2, -0.15) is 0 Å². The topological polar surface area (TPSA) is 52.4 Å². The predicted octanol–water partition coefficient (Wildman–Crippen LogP) is 5.05. The van der Waals surface area contributed by atoms with Gasteiger partial charge in [-0.15, -0.1) is 11.8 Å². The molecular weight excluding hydrogens is 365 g/mol. The third-order valence-corrected chi connectivity index (χ3v) is 5.66. The van der Waals surface area contributed by atoms with Crippen LogP contribution in [0.15, 0.2) is 53.6 Å². The molecule has 1 heterocycles. The third kappa shape index (κ3) is 3.80. The molecule has 4 nitrogen and oxygen atoms in total. The number of rotatable bonds is 5. The molecule has 0 saturated carbocycles. The van der Waals surface area contributed by atoms with Gasteiger partial charge in [0.25, 0.3) is 5.70 Å². The van der Waals surface area contributed by atoms with Gasteiger partial charge in [0.15, 0.2) is 0 Å². The van der Waals surface area contributed by atoms with Gasteiger partial charge < -0.3 is 4.74 Å². The van der Waals surface area contributed by atoms with Crippen LogP contribution in [-0.2, 0) is 6.42 Å². The molecule has 0 aliphatic carbocycles. The van der Waals surface area contributed by atoms with Crippen LogP contribution in [0.2, 0.25) is 5.02 Å². The summed E-state index contributed by atoms with van der Waals surface area (Å²) in [5.41, 5.74) is 1.53. The van der Waals surface area contributed by atoms with Crippen LogP contribution in [0.4, 0.5) is 4.39 Å². The number of thioether (sulfide) groups is 1. The van der Waals surface area contributed by atoms with Crippen molar-refractivity contribution >= 4 is 23.4 Å². The minimum Gasteiger partial charge on any atom is -0.497 e. The number of methoxy groups -OCH3 is 1. The number of ether oxygens (including phenoxy) is 1. The van der Waals surface area contributed by atoms with E-state index in [1.807, 2.05) is 24.3 Å². The highest BCUT2D eigenvalue weighted by molar-refractivity contribution is 8.03. The van der Waals surface area contributed by atoms with Crippen molar-refractivity contribution in [2.75, 3.05) is 7.11 Å². The second kappa shape index (κ2) is 7.45. The summed E-state index contributed by atoms with van der Waals surface area (Å²) in [6, 6.07) is 11.5. The third-order valence-electron chi connectivity index (χ3n) is 4.15. The van der Waals surface area contributed by atoms with Crippen molar-refractivity contribution in [2.24, 2.45) is 0 Å². The Kier molecular flexibility index (Phi) is 5.30. The highest BCUT2D eigenvalue weighted by Crippen LogP contribution is 2.46. The first-order valence-corrected chi connectivity index (χ1v) is 8.89. The van der Waals surface area contributed by atoms with Crippen LogP contribution in [0, 0.1) is 15.9 Å². The number of nitrogens with zero attached hydrogens (tertiary/aromatic N) is 1. The van der Waals surface area contributed by atoms with Gasteiger partial charge in [0.1, 0.15) is 11.6 Å². The molecule has 0 aromatic heterocycles. The zero-order chi connectivity index (χ0) is 18.0. The van der Waals surface area contributed by atoms with E-state index in [0.29, 0.717) is 17.0 Å². The van der Waals surface area contributed by atoms with E-state index in [1.165, 1.54) is 30.0 Å². The van der Waals surface area contributed by atoms with Crippen molar-refractivity contribution in [3.05, 3.63) is 85.7 Å². The van der Waals surface area contributed by atoms with Gasteiger partial charge in [0.2, 0.25) is 0 Å². The van der Waals surface area contributed by atoms with E-state index in [-0.39, 0.29) is 10.9 Å². The Morgan fingerprint density at radius 3 is 2.64 bits per heavy atom. The van der Waals surface area contributed by atoms with E-state index in [4.69, 9.17) is 16.3 Å². The molecule has 25 heavy (non-hydrogen) atoms. The Hall–Kier alpha value is -2.05. The van der Waals surface area contributed by atoms with Crippen LogP contribution in [0.1, 0.15) is 17.0 Å². The van der Waals surface area contributed by atoms with Crippen LogP contribution in [0.3, 0.4) is 0 Å². The normalized spacial score (nSPS) is 19.6. The average Bonchev–Trinajstić information content (AvgIpc) is 3.01. The Morgan fingerprint density at radius 1 is 1.28 bits per heavy atom. The molecule has 0 bridgehead atoms. The van der Waals surface area contributed by atoms with Crippen LogP contribution < -0.4 is 4.74 Å². The summed E-state index contributed by atoms with van der Waals surface area (Å²) in [5, 5.41) is 13.2. The van der Waals surface area contributed by atoms with E-state index in [2.05, 4.69) is 0 Å². The minimum absolute atomic E-state index is 0.0519. The lowest BCUT2D eigenvalue weighted by atomic mass is 9.89. The van der Waals surface area contributed by atoms with Crippen LogP contribution in [-0.4, -0.2) is 17.3 Å². The maximum absolute atomic E-state index is 13.7. The van der Waals surface area contributed by atoms with Crippen molar-refractivity contribution in [3.8, 4) is 5.75 Å². The molecule has 7 heteroatoms. The number of hydrogen-bond donors (Lipinski definition) is 0. The lowest BCUT2D eigenvalue weighted by Gasteiger charge is -2.20. The summed E-state index contributed by atoms with van der Waals surface area (Å²) in [6.45, 7) is 0. The number of halogens is 2. The molecule has 130 valence electrons. The van der Waals surface area contributed by atoms with E-state index in [9.17, 15) is 14.5 Å². The van der Waals surface area contributed by atoms with E-state index in [0.717, 1.165) is 11.3 Å². The lowest BCUT2D eigenvalue weighted by Crippen LogP contribution is -2.19. The van der Waals surface area contributed by atoms with Crippen LogP contribution in [0.25, 0.3) is 0 Å². The van der Waals surface area contributed by atoms with E-state index < -0.39 is 16.7 Å². The molecule has 2 unspecified atom stereocenters. The highest BCUT2D eigenvalue weighted by Gasteiger charge is 2.40. The van der Waals surface area contributed by atoms with Gasteiger partial charge in [0.05, 0.1) is 18.0 Å². The lowest BCUT2D eigenvalue weighted by molar-refractivity contribution is -0.429. The van der Waals surface area contributed by atoms with Crippen molar-refractivity contribution < 1.29 is 14.1 Å². The predicted molar refractivity (Wildman–Crippen MR) is 97.3 cm³/mol. The fourth-order valence-electron chi connectivity index (χ4n) is 2.93. The Balaban J connectivity index is 1.92. The van der Waals surface area contributed by atoms with Crippen molar-refractivity contribution in [3.63, 3.8) is 0 Å². The summed E-state index contributed by atoms with van der Waals surface area (Å²) in [4.78, 5) is 11.0. The molecule has 0 radical (unpaired) electrons. The first kappa shape index (κ1) is 17.8. The molecule has 2 aromatic rings. The minimum atomic E-state index is -0.565. The standard InChI is InChI=1S/C18H15ClFNO3S/c1-24-13-5-2-11(3-6-13)8-17-18(16(10-25-17)21(22)23)14-9-12(20)4-7-15(14)19/h2-7,9-10,17-18H,8H2,1H3. The summed E-state index contributed by atoms with van der Waals surface area (Å²) < 4.78 is 18.8. The molecule has 0 fully saturated rings. The Morgan fingerprint density at radius 2 is 2.00 bits per heavy atom. The fourth-order valence-corrected chi connectivity index (χ4v) is 4.44. The maximum atomic E-state index is 13.7. The molecular formula is C18H15ClFNO3S. The summed E-state index contributed by atoms with van der Waals surface area (Å²) in [6.07, 6.45) is 0.597. The summed E-state index contributed by atoms with van der Waals surface area (Å²) in [5.74, 6) is -0.274. The van der Waals surface area contributed by atoms with Gasteiger partial charge >= 0.3 is 0 Å². The Bertz CT molecular complexity index is 826. The quantitative estimate of drug-likeness (QED) is 0.539. The first-order valence-electron chi connectivity index (χ1n) is 7.57. The molecule has 1 aliphatic heterocycles. The van der Waals surface area contributed by atoms with Gasteiger partial charge in [-0.05, 0) is 47.9 Å². The van der Waals surface area contributed by atoms with Gasteiger partial charge in [0, 0.05) is 15.7 Å². The highest BCUT2D eigenvalue weighted by atomic mass is 35.5. The smallest absolute Gasteiger partial charge is 0.261 e. The zero-order valence-corrected chi connectivity index (χ0v) is 14.9. The molecule has 0 spiro atoms. The maximum Gasteiger partial charge on any atom is 0.261 e. The first-order chi connectivity index (χ1) is 12.0. The molecule has 2 aromatic carbocycles. The molecule has 1 aliphatic rings. The largest absolute Gasteiger partial charge is 0.497 e. The number of nitro groups is 1. The monoisotopic (exact) mass is 379 g/mol. The van der Waals surface area contributed by atoms with E-state index in [1.54, 1.807) is 12.5 Å². The molecule has 2 atom stereocenters. The van der Waals surface area contributed by atoms with E-state index >= 15 is 0 Å². The van der Waals surface area contributed by atoms with Gasteiger partial charge in [-0.1, -0.05) is 23.7 Å². The number of benzene rings is 2.